The Morgan fingerprint density at radius 1 is 1.00 bits per heavy atom. The number of Topliss-reactive ketones (excluding diaryl/α,β-unsaturated/α-hetero) is 1. The zero-order valence-electron chi connectivity index (χ0n) is 17.9. The minimum absolute atomic E-state index is 0.109. The van der Waals surface area contributed by atoms with Crippen molar-refractivity contribution in [3.63, 3.8) is 0 Å². The maximum absolute atomic E-state index is 13.7. The summed E-state index contributed by atoms with van der Waals surface area (Å²) in [4.78, 5) is 29.4. The fourth-order valence-electron chi connectivity index (χ4n) is 4.06. The molecule has 3 rings (SSSR count). The lowest BCUT2D eigenvalue weighted by atomic mass is 9.80. The number of carbonyl (C=O) groups is 2. The van der Waals surface area contributed by atoms with Crippen LogP contribution in [-0.4, -0.2) is 61.7 Å². The van der Waals surface area contributed by atoms with E-state index in [1.807, 2.05) is 62.3 Å². The third kappa shape index (κ3) is 4.77. The number of ether oxygens (including phenoxy) is 1. The van der Waals surface area contributed by atoms with Gasteiger partial charge in [0, 0.05) is 29.9 Å². The zero-order valence-corrected chi connectivity index (χ0v) is 18.8. The molecule has 1 aliphatic rings. The molecular formula is C24H30N2O3S. The standard InChI is InChI=1S/C24H30N2O3S/c1-4-24(25(2)3,17-18-5-7-20(8-6-18)23(28)30)22(27)19-9-11-21(12-10-19)26-13-15-29-16-14-26/h5-12H,4,13-17H2,1-3H3,(H,28,30). The van der Waals surface area contributed by atoms with E-state index in [1.165, 1.54) is 0 Å². The first-order chi connectivity index (χ1) is 14.4. The Hall–Kier alpha value is -2.15. The van der Waals surface area contributed by atoms with Crippen molar-refractivity contribution < 1.29 is 14.3 Å². The third-order valence-corrected chi connectivity index (χ3v) is 6.32. The van der Waals surface area contributed by atoms with Crippen LogP contribution in [0.1, 0.15) is 39.6 Å². The van der Waals surface area contributed by atoms with Gasteiger partial charge in [-0.15, -0.1) is 12.6 Å². The monoisotopic (exact) mass is 426 g/mol. The molecule has 1 unspecified atom stereocenters. The first-order valence-electron chi connectivity index (χ1n) is 10.3. The highest BCUT2D eigenvalue weighted by Gasteiger charge is 2.39. The van der Waals surface area contributed by atoms with Crippen LogP contribution < -0.4 is 4.90 Å². The Morgan fingerprint density at radius 3 is 2.07 bits per heavy atom. The fourth-order valence-corrected chi connectivity index (χ4v) is 4.21. The molecule has 6 heteroatoms. The van der Waals surface area contributed by atoms with Gasteiger partial charge >= 0.3 is 0 Å². The summed E-state index contributed by atoms with van der Waals surface area (Å²) in [5.74, 6) is 0.109. The number of morpholine rings is 1. The molecule has 0 aliphatic carbocycles. The fraction of sp³-hybridized carbons (Fsp3) is 0.417. The number of nitrogens with zero attached hydrogens (tertiary/aromatic N) is 2. The molecule has 0 bridgehead atoms. The lowest BCUT2D eigenvalue weighted by molar-refractivity contribution is 0.0666. The summed E-state index contributed by atoms with van der Waals surface area (Å²) in [6, 6.07) is 15.3. The van der Waals surface area contributed by atoms with E-state index < -0.39 is 5.54 Å². The molecule has 2 aromatic carbocycles. The van der Waals surface area contributed by atoms with E-state index in [0.717, 1.165) is 37.6 Å². The average Bonchev–Trinajstić information content (AvgIpc) is 2.78. The number of anilines is 1. The van der Waals surface area contributed by atoms with Crippen LogP contribution in [0.25, 0.3) is 0 Å². The first kappa shape index (κ1) is 22.5. The molecule has 1 atom stereocenters. The van der Waals surface area contributed by atoms with Crippen molar-refractivity contribution in [2.75, 3.05) is 45.3 Å². The number of thiol groups is 1. The van der Waals surface area contributed by atoms with Gasteiger partial charge in [0.2, 0.25) is 5.12 Å². The molecule has 2 aromatic rings. The Labute approximate surface area is 184 Å². The smallest absolute Gasteiger partial charge is 0.216 e. The summed E-state index contributed by atoms with van der Waals surface area (Å²) >= 11 is 3.87. The van der Waals surface area contributed by atoms with Crippen LogP contribution in [0, 0.1) is 0 Å². The largest absolute Gasteiger partial charge is 0.378 e. The number of ketones is 1. The van der Waals surface area contributed by atoms with Crippen LogP contribution in [0.2, 0.25) is 0 Å². The van der Waals surface area contributed by atoms with Crippen molar-refractivity contribution in [3.8, 4) is 0 Å². The van der Waals surface area contributed by atoms with Crippen LogP contribution >= 0.6 is 12.6 Å². The van der Waals surface area contributed by atoms with Gasteiger partial charge in [0.1, 0.15) is 0 Å². The second-order valence-electron chi connectivity index (χ2n) is 7.93. The Balaban J connectivity index is 1.84. The summed E-state index contributed by atoms with van der Waals surface area (Å²) in [6.07, 6.45) is 1.25. The molecule has 1 aliphatic heterocycles. The number of likely N-dealkylation sites (N-methyl/N-ethyl adjacent to an activating group) is 1. The zero-order chi connectivity index (χ0) is 21.7. The van der Waals surface area contributed by atoms with Gasteiger partial charge in [-0.2, -0.15) is 0 Å². The summed E-state index contributed by atoms with van der Waals surface area (Å²) in [7, 11) is 3.91. The molecule has 1 saturated heterocycles. The summed E-state index contributed by atoms with van der Waals surface area (Å²) in [5.41, 5.74) is 2.74. The predicted molar refractivity (Wildman–Crippen MR) is 124 cm³/mol. The molecule has 160 valence electrons. The SMILES string of the molecule is CCC(Cc1ccc(C(=O)S)cc1)(C(=O)c1ccc(N2CCOCC2)cc1)N(C)C. The summed E-state index contributed by atoms with van der Waals surface area (Å²) in [6.45, 7) is 5.25. The lowest BCUT2D eigenvalue weighted by Gasteiger charge is -2.38. The van der Waals surface area contributed by atoms with E-state index in [4.69, 9.17) is 4.74 Å². The maximum Gasteiger partial charge on any atom is 0.216 e. The molecule has 1 heterocycles. The van der Waals surface area contributed by atoms with Gasteiger partial charge < -0.3 is 9.64 Å². The maximum atomic E-state index is 13.7. The summed E-state index contributed by atoms with van der Waals surface area (Å²) in [5, 5.41) is -0.257. The van der Waals surface area contributed by atoms with Gasteiger partial charge in [0.25, 0.3) is 0 Å². The van der Waals surface area contributed by atoms with Crippen molar-refractivity contribution in [3.05, 3.63) is 65.2 Å². The van der Waals surface area contributed by atoms with Crippen LogP contribution in [-0.2, 0) is 11.2 Å². The van der Waals surface area contributed by atoms with Crippen molar-refractivity contribution in [1.82, 2.24) is 4.90 Å². The highest BCUT2D eigenvalue weighted by atomic mass is 32.1. The minimum atomic E-state index is -0.660. The normalized spacial score (nSPS) is 16.4. The van der Waals surface area contributed by atoms with E-state index in [0.29, 0.717) is 24.0 Å². The van der Waals surface area contributed by atoms with E-state index in [2.05, 4.69) is 17.5 Å². The molecule has 0 aromatic heterocycles. The molecular weight excluding hydrogens is 396 g/mol. The van der Waals surface area contributed by atoms with Gasteiger partial charge in [0.05, 0.1) is 18.8 Å². The second-order valence-corrected chi connectivity index (χ2v) is 8.34. The molecule has 0 saturated carbocycles. The summed E-state index contributed by atoms with van der Waals surface area (Å²) < 4.78 is 5.42. The average molecular weight is 427 g/mol. The topological polar surface area (TPSA) is 49.9 Å². The van der Waals surface area contributed by atoms with Crippen LogP contribution in [0.3, 0.4) is 0 Å². The van der Waals surface area contributed by atoms with Gasteiger partial charge in [-0.3, -0.25) is 14.5 Å². The second kappa shape index (κ2) is 9.77. The Kier molecular flexibility index (Phi) is 7.34. The van der Waals surface area contributed by atoms with E-state index >= 15 is 0 Å². The van der Waals surface area contributed by atoms with Gasteiger partial charge in [-0.05, 0) is 56.8 Å². The number of rotatable bonds is 8. The number of hydrogen-bond acceptors (Lipinski definition) is 5. The van der Waals surface area contributed by atoms with Crippen molar-refractivity contribution in [2.45, 2.75) is 25.3 Å². The Morgan fingerprint density at radius 2 is 1.57 bits per heavy atom. The molecule has 1 fully saturated rings. The van der Waals surface area contributed by atoms with Crippen LogP contribution in [0.5, 0.6) is 0 Å². The molecule has 0 amide bonds. The molecule has 0 N–H and O–H groups in total. The molecule has 0 radical (unpaired) electrons. The van der Waals surface area contributed by atoms with Gasteiger partial charge in [-0.25, -0.2) is 0 Å². The van der Waals surface area contributed by atoms with E-state index in [1.54, 1.807) is 12.1 Å². The molecule has 5 nitrogen and oxygen atoms in total. The highest BCUT2D eigenvalue weighted by Crippen LogP contribution is 2.29. The van der Waals surface area contributed by atoms with Crippen molar-refractivity contribution >= 4 is 29.2 Å². The third-order valence-electron chi connectivity index (χ3n) is 6.07. The Bertz CT molecular complexity index is 874. The number of benzene rings is 2. The van der Waals surface area contributed by atoms with E-state index in [-0.39, 0.29) is 10.9 Å². The van der Waals surface area contributed by atoms with Crippen LogP contribution in [0.15, 0.2) is 48.5 Å². The number of carbonyl (C=O) groups excluding carboxylic acids is 2. The molecule has 30 heavy (non-hydrogen) atoms. The number of hydrogen-bond donors (Lipinski definition) is 1. The van der Waals surface area contributed by atoms with E-state index in [9.17, 15) is 9.59 Å². The quantitative estimate of drug-likeness (QED) is 0.515. The van der Waals surface area contributed by atoms with Crippen molar-refractivity contribution in [1.29, 1.82) is 0 Å². The molecule has 0 spiro atoms. The predicted octanol–water partition coefficient (Wildman–Crippen LogP) is 3.73. The van der Waals surface area contributed by atoms with Gasteiger partial charge in [-0.1, -0.05) is 31.2 Å². The van der Waals surface area contributed by atoms with Gasteiger partial charge in [0.15, 0.2) is 5.78 Å². The highest BCUT2D eigenvalue weighted by molar-refractivity contribution is 7.97. The van der Waals surface area contributed by atoms with Crippen molar-refractivity contribution in [2.24, 2.45) is 0 Å². The first-order valence-corrected chi connectivity index (χ1v) is 10.8. The van der Waals surface area contributed by atoms with Crippen LogP contribution in [0.4, 0.5) is 5.69 Å². The minimum Gasteiger partial charge on any atom is -0.378 e. The lowest BCUT2D eigenvalue weighted by Crippen LogP contribution is -2.52.